The second-order valence-electron chi connectivity index (χ2n) is 4.91. The van der Waals surface area contributed by atoms with E-state index in [0.717, 1.165) is 11.1 Å². The second kappa shape index (κ2) is 8.75. The van der Waals surface area contributed by atoms with Gasteiger partial charge in [-0.25, -0.2) is 9.78 Å². The lowest BCUT2D eigenvalue weighted by atomic mass is 10.1. The van der Waals surface area contributed by atoms with Crippen LogP contribution in [0.3, 0.4) is 0 Å². The maximum Gasteiger partial charge on any atom is 0.315 e. The molecule has 2 N–H and O–H groups in total. The summed E-state index contributed by atoms with van der Waals surface area (Å²) in [6, 6.07) is 13.1. The number of aromatic nitrogens is 1. The highest BCUT2D eigenvalue weighted by atomic mass is 16.5. The third-order valence-electron chi connectivity index (χ3n) is 3.37. The molecule has 2 aromatic rings. The Kier molecular flexibility index (Phi) is 6.38. The molecule has 0 aliphatic carbocycles. The van der Waals surface area contributed by atoms with Crippen molar-refractivity contribution in [2.75, 3.05) is 20.8 Å². The zero-order valence-corrected chi connectivity index (χ0v) is 13.3. The predicted octanol–water partition coefficient (Wildman–Crippen LogP) is 2.28. The zero-order chi connectivity index (χ0) is 16.5. The van der Waals surface area contributed by atoms with Gasteiger partial charge in [-0.05, 0) is 17.2 Å². The number of nitrogens with one attached hydrogen (secondary N) is 2. The average Bonchev–Trinajstić information content (AvgIpc) is 2.61. The van der Waals surface area contributed by atoms with Crippen LogP contribution in [0.1, 0.15) is 17.2 Å². The van der Waals surface area contributed by atoms with Crippen LogP contribution in [0.5, 0.6) is 5.88 Å². The van der Waals surface area contributed by atoms with Gasteiger partial charge in [-0.1, -0.05) is 30.3 Å². The Morgan fingerprint density at radius 2 is 1.96 bits per heavy atom. The Balaban J connectivity index is 1.80. The minimum atomic E-state index is -0.251. The molecule has 0 aliphatic rings. The fourth-order valence-electron chi connectivity index (χ4n) is 2.11. The highest BCUT2D eigenvalue weighted by Crippen LogP contribution is 2.14. The molecule has 2 rings (SSSR count). The normalized spacial score (nSPS) is 11.6. The summed E-state index contributed by atoms with van der Waals surface area (Å²) in [5, 5.41) is 5.60. The number of ether oxygens (including phenoxy) is 2. The molecule has 0 aliphatic heterocycles. The third-order valence-corrected chi connectivity index (χ3v) is 3.37. The molecular formula is C17H21N3O3. The molecule has 0 saturated carbocycles. The summed E-state index contributed by atoms with van der Waals surface area (Å²) in [6.07, 6.45) is 1.47. The van der Waals surface area contributed by atoms with Crippen LogP contribution < -0.4 is 15.4 Å². The number of hydrogen-bond acceptors (Lipinski definition) is 4. The van der Waals surface area contributed by atoms with E-state index in [0.29, 0.717) is 19.0 Å². The number of rotatable bonds is 7. The number of carbonyl (C=O) groups excluding carboxylic acids is 1. The largest absolute Gasteiger partial charge is 0.481 e. The number of amides is 2. The van der Waals surface area contributed by atoms with Gasteiger partial charge < -0.3 is 20.1 Å². The molecule has 1 atom stereocenters. The monoisotopic (exact) mass is 315 g/mol. The van der Waals surface area contributed by atoms with Gasteiger partial charge in [-0.2, -0.15) is 0 Å². The van der Waals surface area contributed by atoms with Crippen LogP contribution in [0.15, 0.2) is 48.7 Å². The van der Waals surface area contributed by atoms with E-state index in [1.807, 2.05) is 36.4 Å². The highest BCUT2D eigenvalue weighted by molar-refractivity contribution is 5.73. The lowest BCUT2D eigenvalue weighted by molar-refractivity contribution is 0.104. The average molecular weight is 315 g/mol. The van der Waals surface area contributed by atoms with Crippen molar-refractivity contribution in [3.8, 4) is 5.88 Å². The van der Waals surface area contributed by atoms with Crippen LogP contribution in [-0.4, -0.2) is 31.8 Å². The molecule has 6 nitrogen and oxygen atoms in total. The molecule has 0 saturated heterocycles. The highest BCUT2D eigenvalue weighted by Gasteiger charge is 2.11. The van der Waals surface area contributed by atoms with Crippen molar-refractivity contribution in [3.63, 3.8) is 0 Å². The first-order valence-corrected chi connectivity index (χ1v) is 7.31. The summed E-state index contributed by atoms with van der Waals surface area (Å²) >= 11 is 0. The van der Waals surface area contributed by atoms with Crippen molar-refractivity contribution in [1.29, 1.82) is 0 Å². The van der Waals surface area contributed by atoms with Gasteiger partial charge in [0.25, 0.3) is 0 Å². The minimum Gasteiger partial charge on any atom is -0.481 e. The lowest BCUT2D eigenvalue weighted by Crippen LogP contribution is -2.37. The fraction of sp³-hybridized carbons (Fsp3) is 0.294. The number of nitrogens with zero attached hydrogens (tertiary/aromatic N) is 1. The van der Waals surface area contributed by atoms with Gasteiger partial charge in [0, 0.05) is 32.5 Å². The Morgan fingerprint density at radius 1 is 1.17 bits per heavy atom. The lowest BCUT2D eigenvalue weighted by Gasteiger charge is -2.16. The van der Waals surface area contributed by atoms with Crippen LogP contribution in [0, 0.1) is 0 Å². The molecule has 6 heteroatoms. The molecule has 23 heavy (non-hydrogen) atoms. The number of pyridine rings is 1. The fourth-order valence-corrected chi connectivity index (χ4v) is 2.11. The maximum absolute atomic E-state index is 11.9. The Labute approximate surface area is 135 Å². The third kappa shape index (κ3) is 5.27. The van der Waals surface area contributed by atoms with Gasteiger partial charge in [0.1, 0.15) is 0 Å². The molecular weight excluding hydrogens is 294 g/mol. The maximum atomic E-state index is 11.9. The SMILES string of the molecule is COc1cc(CNC(=O)NCC(OC)c2ccccc2)ccn1. The number of carbonyl (C=O) groups is 1. The van der Waals surface area contributed by atoms with E-state index in [4.69, 9.17) is 9.47 Å². The first kappa shape index (κ1) is 16.8. The van der Waals surface area contributed by atoms with Gasteiger partial charge in [0.2, 0.25) is 5.88 Å². The summed E-state index contributed by atoms with van der Waals surface area (Å²) in [4.78, 5) is 15.9. The van der Waals surface area contributed by atoms with E-state index in [1.54, 1.807) is 26.5 Å². The molecule has 0 spiro atoms. The summed E-state index contributed by atoms with van der Waals surface area (Å²) in [6.45, 7) is 0.791. The molecule has 1 unspecified atom stereocenters. The van der Waals surface area contributed by atoms with E-state index in [2.05, 4.69) is 15.6 Å². The van der Waals surface area contributed by atoms with Gasteiger partial charge in [0.05, 0.1) is 13.2 Å². The second-order valence-corrected chi connectivity index (χ2v) is 4.91. The quantitative estimate of drug-likeness (QED) is 0.822. The first-order valence-electron chi connectivity index (χ1n) is 7.31. The Morgan fingerprint density at radius 3 is 2.65 bits per heavy atom. The molecule has 1 aromatic carbocycles. The number of urea groups is 1. The topological polar surface area (TPSA) is 72.5 Å². The van der Waals surface area contributed by atoms with Crippen LogP contribution in [0.25, 0.3) is 0 Å². The van der Waals surface area contributed by atoms with E-state index >= 15 is 0 Å². The molecule has 0 fully saturated rings. The standard InChI is InChI=1S/C17H21N3O3/c1-22-15(14-6-4-3-5-7-14)12-20-17(21)19-11-13-8-9-18-16(10-13)23-2/h3-10,15H,11-12H2,1-2H3,(H2,19,20,21). The molecule has 0 bridgehead atoms. The Hall–Kier alpha value is -2.60. The molecule has 0 radical (unpaired) electrons. The van der Waals surface area contributed by atoms with Gasteiger partial charge in [-0.3, -0.25) is 0 Å². The first-order chi connectivity index (χ1) is 11.2. The van der Waals surface area contributed by atoms with Crippen LogP contribution >= 0.6 is 0 Å². The smallest absolute Gasteiger partial charge is 0.315 e. The van der Waals surface area contributed by atoms with Crippen molar-refractivity contribution < 1.29 is 14.3 Å². The van der Waals surface area contributed by atoms with Crippen molar-refractivity contribution in [2.24, 2.45) is 0 Å². The van der Waals surface area contributed by atoms with E-state index in [9.17, 15) is 4.79 Å². The van der Waals surface area contributed by atoms with Crippen molar-refractivity contribution in [2.45, 2.75) is 12.6 Å². The van der Waals surface area contributed by atoms with Crippen molar-refractivity contribution in [3.05, 3.63) is 59.8 Å². The summed E-state index contributed by atoms with van der Waals surface area (Å²) < 4.78 is 10.5. The zero-order valence-electron chi connectivity index (χ0n) is 13.3. The predicted molar refractivity (Wildman–Crippen MR) is 87.2 cm³/mol. The van der Waals surface area contributed by atoms with Crippen LogP contribution in [-0.2, 0) is 11.3 Å². The van der Waals surface area contributed by atoms with Gasteiger partial charge in [0.15, 0.2) is 0 Å². The summed E-state index contributed by atoms with van der Waals surface area (Å²) in [5.74, 6) is 0.522. The summed E-state index contributed by atoms with van der Waals surface area (Å²) in [5.41, 5.74) is 1.94. The van der Waals surface area contributed by atoms with E-state index in [1.165, 1.54) is 0 Å². The van der Waals surface area contributed by atoms with E-state index < -0.39 is 0 Å². The van der Waals surface area contributed by atoms with Crippen molar-refractivity contribution in [1.82, 2.24) is 15.6 Å². The number of benzene rings is 1. The number of hydrogen-bond donors (Lipinski definition) is 2. The van der Waals surface area contributed by atoms with E-state index in [-0.39, 0.29) is 12.1 Å². The molecule has 1 heterocycles. The molecule has 122 valence electrons. The Bertz CT molecular complexity index is 619. The molecule has 1 aromatic heterocycles. The minimum absolute atomic E-state index is 0.178. The van der Waals surface area contributed by atoms with Crippen LogP contribution in [0.4, 0.5) is 4.79 Å². The van der Waals surface area contributed by atoms with Gasteiger partial charge in [-0.15, -0.1) is 0 Å². The van der Waals surface area contributed by atoms with Crippen molar-refractivity contribution >= 4 is 6.03 Å². The van der Waals surface area contributed by atoms with Gasteiger partial charge >= 0.3 is 6.03 Å². The number of methoxy groups -OCH3 is 2. The van der Waals surface area contributed by atoms with Crippen LogP contribution in [0.2, 0.25) is 0 Å². The molecule has 2 amide bonds. The summed E-state index contributed by atoms with van der Waals surface area (Å²) in [7, 11) is 3.18.